The van der Waals surface area contributed by atoms with Crippen LogP contribution < -0.4 is 5.32 Å². The molecular formula is C20H26N2O3. The fourth-order valence-corrected chi connectivity index (χ4v) is 3.99. The highest BCUT2D eigenvalue weighted by Crippen LogP contribution is 2.37. The molecule has 0 bridgehead atoms. The molecule has 1 aliphatic carbocycles. The first-order chi connectivity index (χ1) is 12.0. The Bertz CT molecular complexity index is 674. The van der Waals surface area contributed by atoms with Crippen LogP contribution in [0.25, 0.3) is 0 Å². The lowest BCUT2D eigenvalue weighted by atomic mass is 9.81. The van der Waals surface area contributed by atoms with Crippen LogP contribution in [0, 0.1) is 25.7 Å². The quantitative estimate of drug-likeness (QED) is 0.836. The molecule has 5 heteroatoms. The van der Waals surface area contributed by atoms with Crippen molar-refractivity contribution in [1.29, 1.82) is 0 Å². The zero-order chi connectivity index (χ0) is 18.0. The van der Waals surface area contributed by atoms with E-state index in [0.29, 0.717) is 6.54 Å². The second-order valence-corrected chi connectivity index (χ2v) is 7.28. The molecule has 1 heterocycles. The third-order valence-electron chi connectivity index (χ3n) is 5.47. The summed E-state index contributed by atoms with van der Waals surface area (Å²) >= 11 is 0. The van der Waals surface area contributed by atoms with Gasteiger partial charge >= 0.3 is 0 Å². The Morgan fingerprint density at radius 1 is 1.12 bits per heavy atom. The van der Waals surface area contributed by atoms with E-state index < -0.39 is 0 Å². The van der Waals surface area contributed by atoms with Crippen LogP contribution in [0.1, 0.15) is 48.8 Å². The van der Waals surface area contributed by atoms with Gasteiger partial charge in [-0.05, 0) is 37.8 Å². The maximum absolute atomic E-state index is 12.4. The fourth-order valence-electron chi connectivity index (χ4n) is 3.99. The molecule has 1 saturated carbocycles. The Balaban J connectivity index is 1.50. The first kappa shape index (κ1) is 17.6. The number of imide groups is 1. The Morgan fingerprint density at radius 2 is 1.76 bits per heavy atom. The van der Waals surface area contributed by atoms with Gasteiger partial charge in [-0.25, -0.2) is 0 Å². The van der Waals surface area contributed by atoms with Gasteiger partial charge in [0.05, 0.1) is 11.8 Å². The number of likely N-dealkylation sites (tertiary alicyclic amines) is 1. The van der Waals surface area contributed by atoms with Crippen LogP contribution in [0.2, 0.25) is 0 Å². The number of hydrogen-bond acceptors (Lipinski definition) is 3. The van der Waals surface area contributed by atoms with Crippen LogP contribution in [0.4, 0.5) is 0 Å². The molecule has 2 aliphatic rings. The molecule has 2 unspecified atom stereocenters. The highest BCUT2D eigenvalue weighted by atomic mass is 16.2. The maximum Gasteiger partial charge on any atom is 0.233 e. The van der Waals surface area contributed by atoms with Crippen molar-refractivity contribution in [2.75, 3.05) is 6.54 Å². The van der Waals surface area contributed by atoms with Crippen molar-refractivity contribution in [2.45, 2.75) is 52.5 Å². The van der Waals surface area contributed by atoms with Crippen molar-refractivity contribution in [2.24, 2.45) is 11.8 Å². The van der Waals surface area contributed by atoms with Crippen LogP contribution in [-0.4, -0.2) is 29.2 Å². The van der Waals surface area contributed by atoms with Gasteiger partial charge in [0.25, 0.3) is 0 Å². The maximum atomic E-state index is 12.4. The Kier molecular flexibility index (Phi) is 5.21. The Labute approximate surface area is 148 Å². The van der Waals surface area contributed by atoms with Gasteiger partial charge in [0.2, 0.25) is 17.7 Å². The molecule has 134 valence electrons. The summed E-state index contributed by atoms with van der Waals surface area (Å²) in [6, 6.07) is 6.13. The first-order valence-corrected chi connectivity index (χ1v) is 9.15. The summed E-state index contributed by atoms with van der Waals surface area (Å²) in [4.78, 5) is 38.2. The van der Waals surface area contributed by atoms with E-state index in [2.05, 4.69) is 11.4 Å². The zero-order valence-corrected chi connectivity index (χ0v) is 15.0. The van der Waals surface area contributed by atoms with E-state index in [9.17, 15) is 14.4 Å². The summed E-state index contributed by atoms with van der Waals surface area (Å²) in [6.07, 6.45) is 3.83. The van der Waals surface area contributed by atoms with Gasteiger partial charge < -0.3 is 5.32 Å². The molecule has 25 heavy (non-hydrogen) atoms. The lowest BCUT2D eigenvalue weighted by Crippen LogP contribution is -2.35. The van der Waals surface area contributed by atoms with E-state index in [0.717, 1.165) is 36.8 Å². The SMILES string of the molecule is Cc1ccc(CNC(=O)CCN2C(=O)C3CCCCC3C2=O)c(C)c1. The molecule has 2 atom stereocenters. The molecule has 5 nitrogen and oxygen atoms in total. The Hall–Kier alpha value is -2.17. The number of carbonyl (C=O) groups excluding carboxylic acids is 3. The number of carbonyl (C=O) groups is 3. The van der Waals surface area contributed by atoms with Crippen molar-refractivity contribution in [3.05, 3.63) is 34.9 Å². The highest BCUT2D eigenvalue weighted by Gasteiger charge is 2.47. The minimum atomic E-state index is -0.139. The van der Waals surface area contributed by atoms with E-state index in [1.165, 1.54) is 10.5 Å². The van der Waals surface area contributed by atoms with Crippen molar-refractivity contribution in [3.8, 4) is 0 Å². The molecule has 2 fully saturated rings. The summed E-state index contributed by atoms with van der Waals surface area (Å²) in [7, 11) is 0. The first-order valence-electron chi connectivity index (χ1n) is 9.15. The fraction of sp³-hybridized carbons (Fsp3) is 0.550. The molecule has 1 saturated heterocycles. The number of benzene rings is 1. The molecule has 1 aliphatic heterocycles. The zero-order valence-electron chi connectivity index (χ0n) is 15.0. The molecule has 0 aromatic heterocycles. The van der Waals surface area contributed by atoms with Crippen molar-refractivity contribution in [1.82, 2.24) is 10.2 Å². The topological polar surface area (TPSA) is 66.5 Å². The van der Waals surface area contributed by atoms with Gasteiger partial charge in [-0.1, -0.05) is 36.6 Å². The van der Waals surface area contributed by atoms with E-state index in [1.807, 2.05) is 26.0 Å². The van der Waals surface area contributed by atoms with Crippen molar-refractivity contribution >= 4 is 17.7 Å². The number of rotatable bonds is 5. The molecule has 3 rings (SSSR count). The predicted octanol–water partition coefficient (Wildman–Crippen LogP) is 2.48. The largest absolute Gasteiger partial charge is 0.352 e. The minimum Gasteiger partial charge on any atom is -0.352 e. The standard InChI is InChI=1S/C20H26N2O3/c1-13-7-8-15(14(2)11-13)12-21-18(23)9-10-22-19(24)16-5-3-4-6-17(16)20(22)25/h7-8,11,16-17H,3-6,9-10,12H2,1-2H3,(H,21,23). The molecule has 0 spiro atoms. The Morgan fingerprint density at radius 3 is 2.36 bits per heavy atom. The number of nitrogens with zero attached hydrogens (tertiary/aromatic N) is 1. The summed E-state index contributed by atoms with van der Waals surface area (Å²) in [5.74, 6) is -0.553. The van der Waals surface area contributed by atoms with Gasteiger partial charge in [0.1, 0.15) is 0 Å². The van der Waals surface area contributed by atoms with Gasteiger partial charge in [0, 0.05) is 19.5 Å². The van der Waals surface area contributed by atoms with Crippen molar-refractivity contribution < 1.29 is 14.4 Å². The van der Waals surface area contributed by atoms with Gasteiger partial charge in [-0.2, -0.15) is 0 Å². The summed E-state index contributed by atoms with van der Waals surface area (Å²) in [5.41, 5.74) is 3.42. The predicted molar refractivity (Wildman–Crippen MR) is 94.5 cm³/mol. The van der Waals surface area contributed by atoms with Crippen LogP contribution >= 0.6 is 0 Å². The molecule has 1 aromatic rings. The number of fused-ring (bicyclic) bond motifs is 1. The monoisotopic (exact) mass is 342 g/mol. The second-order valence-electron chi connectivity index (χ2n) is 7.28. The third-order valence-corrected chi connectivity index (χ3v) is 5.47. The van der Waals surface area contributed by atoms with Crippen LogP contribution in [-0.2, 0) is 20.9 Å². The number of hydrogen-bond donors (Lipinski definition) is 1. The number of aryl methyl sites for hydroxylation is 2. The summed E-state index contributed by atoms with van der Waals surface area (Å²) < 4.78 is 0. The lowest BCUT2D eigenvalue weighted by Gasteiger charge is -2.19. The summed E-state index contributed by atoms with van der Waals surface area (Å²) in [6.45, 7) is 4.73. The molecule has 0 radical (unpaired) electrons. The van der Waals surface area contributed by atoms with Gasteiger partial charge in [0.15, 0.2) is 0 Å². The second kappa shape index (κ2) is 7.38. The average Bonchev–Trinajstić information content (AvgIpc) is 2.84. The van der Waals surface area contributed by atoms with Crippen molar-refractivity contribution in [3.63, 3.8) is 0 Å². The van der Waals surface area contributed by atoms with Crippen LogP contribution in [0.15, 0.2) is 18.2 Å². The van der Waals surface area contributed by atoms with Crippen LogP contribution in [0.5, 0.6) is 0 Å². The van der Waals surface area contributed by atoms with Crippen LogP contribution in [0.3, 0.4) is 0 Å². The average molecular weight is 342 g/mol. The minimum absolute atomic E-state index is 0.0723. The van der Waals surface area contributed by atoms with E-state index in [-0.39, 0.29) is 42.5 Å². The van der Waals surface area contributed by atoms with Gasteiger partial charge in [-0.15, -0.1) is 0 Å². The summed E-state index contributed by atoms with van der Waals surface area (Å²) in [5, 5.41) is 2.89. The number of amides is 3. The molecule has 1 N–H and O–H groups in total. The molecular weight excluding hydrogens is 316 g/mol. The van der Waals surface area contributed by atoms with E-state index in [1.54, 1.807) is 0 Å². The van der Waals surface area contributed by atoms with E-state index >= 15 is 0 Å². The smallest absolute Gasteiger partial charge is 0.233 e. The third kappa shape index (κ3) is 3.75. The van der Waals surface area contributed by atoms with Gasteiger partial charge in [-0.3, -0.25) is 19.3 Å². The highest BCUT2D eigenvalue weighted by molar-refractivity contribution is 6.05. The normalized spacial score (nSPS) is 22.9. The van der Waals surface area contributed by atoms with E-state index in [4.69, 9.17) is 0 Å². The lowest BCUT2D eigenvalue weighted by molar-refractivity contribution is -0.140. The molecule has 1 aromatic carbocycles. The molecule has 3 amide bonds. The number of nitrogens with one attached hydrogen (secondary N) is 1.